The Labute approximate surface area is 197 Å². The summed E-state index contributed by atoms with van der Waals surface area (Å²) in [5.74, 6) is -0.102. The van der Waals surface area contributed by atoms with Crippen molar-refractivity contribution in [2.75, 3.05) is 4.90 Å². The minimum Gasteiger partial charge on any atom is -0.276 e. The van der Waals surface area contributed by atoms with Crippen molar-refractivity contribution >= 4 is 45.8 Å². The summed E-state index contributed by atoms with van der Waals surface area (Å²) in [7, 11) is 0. The summed E-state index contributed by atoms with van der Waals surface area (Å²) >= 11 is 11.3. The average Bonchev–Trinajstić information content (AvgIpc) is 2.78. The van der Waals surface area contributed by atoms with Crippen LogP contribution in [0.15, 0.2) is 71.5 Å². The minimum absolute atomic E-state index is 0.102. The highest BCUT2D eigenvalue weighted by Gasteiger charge is 2.29. The van der Waals surface area contributed by atoms with Crippen LogP contribution in [0.5, 0.6) is 0 Å². The molecule has 3 rings (SSSR count). The zero-order chi connectivity index (χ0) is 22.2. The van der Waals surface area contributed by atoms with Gasteiger partial charge in [-0.05, 0) is 55.5 Å². The van der Waals surface area contributed by atoms with E-state index < -0.39 is 0 Å². The van der Waals surface area contributed by atoms with Crippen molar-refractivity contribution in [1.29, 1.82) is 0 Å². The minimum atomic E-state index is -0.102. The molecule has 0 atom stereocenters. The van der Waals surface area contributed by atoms with E-state index in [9.17, 15) is 4.79 Å². The first-order valence-electron chi connectivity index (χ1n) is 11.3. The fourth-order valence-corrected chi connectivity index (χ4v) is 4.43. The summed E-state index contributed by atoms with van der Waals surface area (Å²) in [5, 5.41) is 0. The normalized spacial score (nSPS) is 16.0. The van der Waals surface area contributed by atoms with E-state index in [1.807, 2.05) is 36.4 Å². The SMILES string of the molecule is CCCCC1=CC=C(N(C(=O)C2=CC=CCC2=S)c2ccc(CCCC)cc2)C(=S)C1. The number of rotatable bonds is 9. The number of anilines is 1. The zero-order valence-corrected chi connectivity index (χ0v) is 20.2. The van der Waals surface area contributed by atoms with Crippen LogP contribution in [-0.4, -0.2) is 15.6 Å². The van der Waals surface area contributed by atoms with Gasteiger partial charge in [0, 0.05) is 28.3 Å². The molecule has 0 unspecified atom stereocenters. The standard InChI is InChI=1S/C27H31NOS2/c1-3-5-9-20-13-16-22(17-14-20)28(27(29)23-11-7-8-12-25(23)30)24-18-15-21(10-6-4-2)19-26(24)31/h7-8,11,13-18H,3-6,9-10,12,19H2,1-2H3. The number of amides is 1. The molecule has 0 fully saturated rings. The van der Waals surface area contributed by atoms with Gasteiger partial charge in [-0.3, -0.25) is 9.69 Å². The highest BCUT2D eigenvalue weighted by Crippen LogP contribution is 2.30. The third-order valence-electron chi connectivity index (χ3n) is 5.69. The number of carbonyl (C=O) groups is 1. The van der Waals surface area contributed by atoms with Crippen LogP contribution in [0.3, 0.4) is 0 Å². The van der Waals surface area contributed by atoms with Crippen LogP contribution in [-0.2, 0) is 11.2 Å². The molecule has 1 aromatic carbocycles. The predicted octanol–water partition coefficient (Wildman–Crippen LogP) is 7.39. The first-order chi connectivity index (χ1) is 15.0. The van der Waals surface area contributed by atoms with Gasteiger partial charge in [0.05, 0.1) is 11.3 Å². The second kappa shape index (κ2) is 11.4. The van der Waals surface area contributed by atoms with Gasteiger partial charge in [0.2, 0.25) is 0 Å². The average molecular weight is 450 g/mol. The van der Waals surface area contributed by atoms with Crippen LogP contribution < -0.4 is 4.90 Å². The molecule has 2 aliphatic rings. The zero-order valence-electron chi connectivity index (χ0n) is 18.5. The summed E-state index contributed by atoms with van der Waals surface area (Å²) in [6, 6.07) is 8.30. The summed E-state index contributed by atoms with van der Waals surface area (Å²) < 4.78 is 0. The van der Waals surface area contributed by atoms with Crippen molar-refractivity contribution in [3.05, 3.63) is 77.1 Å². The van der Waals surface area contributed by atoms with Crippen molar-refractivity contribution in [2.45, 2.75) is 65.2 Å². The van der Waals surface area contributed by atoms with E-state index in [1.54, 1.807) is 4.90 Å². The number of thiocarbonyl (C=S) groups is 2. The summed E-state index contributed by atoms with van der Waals surface area (Å²) in [6.45, 7) is 4.39. The number of nitrogens with zero attached hydrogens (tertiary/aromatic N) is 1. The quantitative estimate of drug-likeness (QED) is 0.367. The fraction of sp³-hybridized carbons (Fsp3) is 0.370. The number of unbranched alkanes of at least 4 members (excludes halogenated alkanes) is 2. The molecule has 0 spiro atoms. The van der Waals surface area contributed by atoms with Crippen molar-refractivity contribution in [3.8, 4) is 0 Å². The van der Waals surface area contributed by atoms with Gasteiger partial charge < -0.3 is 0 Å². The lowest BCUT2D eigenvalue weighted by Gasteiger charge is -2.30. The van der Waals surface area contributed by atoms with E-state index in [-0.39, 0.29) is 5.91 Å². The molecular weight excluding hydrogens is 418 g/mol. The van der Waals surface area contributed by atoms with Crippen molar-refractivity contribution in [3.63, 3.8) is 0 Å². The molecule has 0 aromatic heterocycles. The Bertz CT molecular complexity index is 963. The lowest BCUT2D eigenvalue weighted by atomic mass is 9.95. The number of benzene rings is 1. The largest absolute Gasteiger partial charge is 0.276 e. The molecule has 2 nitrogen and oxygen atoms in total. The lowest BCUT2D eigenvalue weighted by molar-refractivity contribution is -0.114. The molecule has 1 amide bonds. The Morgan fingerprint density at radius 2 is 1.65 bits per heavy atom. The lowest BCUT2D eigenvalue weighted by Crippen LogP contribution is -2.37. The molecule has 0 bridgehead atoms. The third-order valence-corrected chi connectivity index (χ3v) is 6.43. The van der Waals surface area contributed by atoms with Crippen molar-refractivity contribution < 1.29 is 4.79 Å². The Morgan fingerprint density at radius 1 is 0.935 bits per heavy atom. The summed E-state index contributed by atoms with van der Waals surface area (Å²) in [5.41, 5.74) is 4.84. The van der Waals surface area contributed by atoms with Crippen molar-refractivity contribution in [2.24, 2.45) is 0 Å². The monoisotopic (exact) mass is 449 g/mol. The predicted molar refractivity (Wildman–Crippen MR) is 140 cm³/mol. The van der Waals surface area contributed by atoms with E-state index in [2.05, 4.69) is 32.1 Å². The van der Waals surface area contributed by atoms with E-state index in [0.29, 0.717) is 16.9 Å². The first-order valence-corrected chi connectivity index (χ1v) is 12.1. The smallest absolute Gasteiger partial charge is 0.264 e. The maximum Gasteiger partial charge on any atom is 0.264 e. The molecule has 1 aromatic rings. The van der Waals surface area contributed by atoms with E-state index in [4.69, 9.17) is 24.4 Å². The van der Waals surface area contributed by atoms with Gasteiger partial charge in [0.15, 0.2) is 0 Å². The van der Waals surface area contributed by atoms with Crippen LogP contribution in [0, 0.1) is 0 Å². The molecule has 0 radical (unpaired) electrons. The molecule has 4 heteroatoms. The molecule has 162 valence electrons. The van der Waals surface area contributed by atoms with Gasteiger partial charge in [-0.15, -0.1) is 0 Å². The van der Waals surface area contributed by atoms with Crippen LogP contribution in [0.2, 0.25) is 0 Å². The number of aryl methyl sites for hydroxylation is 1. The van der Waals surface area contributed by atoms with Crippen LogP contribution in [0.25, 0.3) is 0 Å². The highest BCUT2D eigenvalue weighted by molar-refractivity contribution is 7.81. The Morgan fingerprint density at radius 3 is 2.29 bits per heavy atom. The Hall–Kier alpha value is -2.17. The van der Waals surface area contributed by atoms with Crippen LogP contribution in [0.4, 0.5) is 5.69 Å². The molecule has 0 heterocycles. The molecule has 0 saturated carbocycles. The fourth-order valence-electron chi connectivity index (χ4n) is 3.83. The Kier molecular flexibility index (Phi) is 8.68. The van der Waals surface area contributed by atoms with Gasteiger partial charge in [-0.25, -0.2) is 0 Å². The van der Waals surface area contributed by atoms with Gasteiger partial charge in [0.25, 0.3) is 5.91 Å². The summed E-state index contributed by atoms with van der Waals surface area (Å²) in [6.07, 6.45) is 18.0. The molecular formula is C27H31NOS2. The number of carbonyl (C=O) groups excluding carboxylic acids is 1. The third kappa shape index (κ3) is 5.96. The van der Waals surface area contributed by atoms with Crippen LogP contribution in [0.1, 0.15) is 64.4 Å². The topological polar surface area (TPSA) is 20.3 Å². The van der Waals surface area contributed by atoms with Gasteiger partial charge in [-0.2, -0.15) is 0 Å². The van der Waals surface area contributed by atoms with Gasteiger partial charge in [-0.1, -0.05) is 87.1 Å². The van der Waals surface area contributed by atoms with E-state index in [1.165, 1.54) is 17.6 Å². The second-order valence-corrected chi connectivity index (χ2v) is 9.11. The van der Waals surface area contributed by atoms with E-state index in [0.717, 1.165) is 54.8 Å². The first kappa shape index (κ1) is 23.5. The molecule has 0 aliphatic heterocycles. The maximum absolute atomic E-state index is 13.7. The summed E-state index contributed by atoms with van der Waals surface area (Å²) in [4.78, 5) is 16.9. The number of hydrogen-bond donors (Lipinski definition) is 0. The molecule has 2 aliphatic carbocycles. The number of hydrogen-bond acceptors (Lipinski definition) is 3. The van der Waals surface area contributed by atoms with Gasteiger partial charge >= 0.3 is 0 Å². The highest BCUT2D eigenvalue weighted by atomic mass is 32.1. The second-order valence-electron chi connectivity index (χ2n) is 8.13. The molecule has 31 heavy (non-hydrogen) atoms. The maximum atomic E-state index is 13.7. The Balaban J connectivity index is 1.98. The van der Waals surface area contributed by atoms with E-state index >= 15 is 0 Å². The molecule has 0 saturated heterocycles. The van der Waals surface area contributed by atoms with Crippen molar-refractivity contribution in [1.82, 2.24) is 0 Å². The number of allylic oxidation sites excluding steroid dienone is 7. The van der Waals surface area contributed by atoms with Gasteiger partial charge in [0.1, 0.15) is 0 Å². The van der Waals surface area contributed by atoms with Crippen LogP contribution >= 0.6 is 24.4 Å². The molecule has 0 N–H and O–H groups in total.